The van der Waals surface area contributed by atoms with Gasteiger partial charge in [0, 0.05) is 21.8 Å². The van der Waals surface area contributed by atoms with Crippen LogP contribution in [-0.2, 0) is 17.8 Å². The van der Waals surface area contributed by atoms with Gasteiger partial charge in [-0.3, -0.25) is 14.7 Å². The molecule has 36 heavy (non-hydrogen) atoms. The smallest absolute Gasteiger partial charge is 0.253 e. The zero-order valence-corrected chi connectivity index (χ0v) is 21.6. The maximum absolute atomic E-state index is 14.1. The van der Waals surface area contributed by atoms with Gasteiger partial charge in [0.15, 0.2) is 0 Å². The highest BCUT2D eigenvalue weighted by molar-refractivity contribution is 9.10. The largest absolute Gasteiger partial charge is 0.497 e. The zero-order chi connectivity index (χ0) is 24.9. The maximum Gasteiger partial charge on any atom is 0.253 e. The highest BCUT2D eigenvalue weighted by Gasteiger charge is 2.32. The molecule has 180 valence electrons. The van der Waals surface area contributed by atoms with Crippen LogP contribution in [0.3, 0.4) is 0 Å². The summed E-state index contributed by atoms with van der Waals surface area (Å²) >= 11 is 3.54. The number of rotatable bonds is 6. The van der Waals surface area contributed by atoms with Gasteiger partial charge in [0.1, 0.15) is 17.6 Å². The van der Waals surface area contributed by atoms with Crippen molar-refractivity contribution >= 4 is 33.4 Å². The van der Waals surface area contributed by atoms with Crippen LogP contribution in [0.5, 0.6) is 5.75 Å². The van der Waals surface area contributed by atoms with Crippen LogP contribution in [0.25, 0.3) is 0 Å². The second-order valence-corrected chi connectivity index (χ2v) is 9.59. The maximum atomic E-state index is 14.1. The van der Waals surface area contributed by atoms with Crippen molar-refractivity contribution < 1.29 is 9.53 Å². The fourth-order valence-corrected chi connectivity index (χ4v) is 4.83. The van der Waals surface area contributed by atoms with E-state index in [0.717, 1.165) is 38.2 Å². The Morgan fingerprint density at radius 1 is 1.00 bits per heavy atom. The topological polar surface area (TPSA) is 54.8 Å². The molecule has 0 radical (unpaired) electrons. The summed E-state index contributed by atoms with van der Waals surface area (Å²) in [6.45, 7) is 0.405. The van der Waals surface area contributed by atoms with E-state index in [1.165, 1.54) is 0 Å². The number of pyridine rings is 1. The van der Waals surface area contributed by atoms with Gasteiger partial charge in [0.2, 0.25) is 0 Å². The summed E-state index contributed by atoms with van der Waals surface area (Å²) in [5, 5.41) is 0. The lowest BCUT2D eigenvalue weighted by Gasteiger charge is -2.24. The third kappa shape index (κ3) is 5.24. The predicted octanol–water partition coefficient (Wildman–Crippen LogP) is 6.24. The van der Waals surface area contributed by atoms with E-state index in [9.17, 15) is 4.79 Å². The first-order chi connectivity index (χ1) is 17.6. The molecule has 0 saturated carbocycles. The Morgan fingerprint density at radius 3 is 2.25 bits per heavy atom. The second-order valence-electron chi connectivity index (χ2n) is 8.67. The lowest BCUT2D eigenvalue weighted by molar-refractivity contribution is -0.119. The fourth-order valence-electron chi connectivity index (χ4n) is 4.45. The number of carbonyl (C=O) groups excluding carboxylic acids is 1. The molecule has 6 heteroatoms. The number of aromatic nitrogens is 1. The number of hydrogen-bond acceptors (Lipinski definition) is 4. The van der Waals surface area contributed by atoms with Crippen molar-refractivity contribution in [2.75, 3.05) is 12.0 Å². The van der Waals surface area contributed by atoms with E-state index < -0.39 is 6.04 Å². The standard InChI is InChI=1S/C30H26BrN3O2/c1-36-26-15-12-21(13-16-26)20-34-29-24(18-25(31)19-32-29)14-17-27(30(34)35)33-28(22-8-4-2-5-9-22)23-10-6-3-7-11-23/h2-13,15-16,18-19,27H,14,17,20H2,1H3. The summed E-state index contributed by atoms with van der Waals surface area (Å²) < 4.78 is 6.20. The van der Waals surface area contributed by atoms with E-state index >= 15 is 0 Å². The molecule has 0 N–H and O–H groups in total. The SMILES string of the molecule is COc1ccc(CN2C(=O)C(N=C(c3ccccc3)c3ccccc3)CCc3cc(Br)cnc32)cc1. The number of anilines is 1. The van der Waals surface area contributed by atoms with Gasteiger partial charge >= 0.3 is 0 Å². The average Bonchev–Trinajstić information content (AvgIpc) is 3.05. The summed E-state index contributed by atoms with van der Waals surface area (Å²) in [7, 11) is 1.64. The van der Waals surface area contributed by atoms with Crippen LogP contribution in [0.1, 0.15) is 28.7 Å². The summed E-state index contributed by atoms with van der Waals surface area (Å²) in [6.07, 6.45) is 3.06. The molecule has 1 unspecified atom stereocenters. The number of methoxy groups -OCH3 is 1. The van der Waals surface area contributed by atoms with Crippen molar-refractivity contribution in [1.82, 2.24) is 4.98 Å². The Labute approximate surface area is 219 Å². The first-order valence-corrected chi connectivity index (χ1v) is 12.7. The Morgan fingerprint density at radius 2 is 1.64 bits per heavy atom. The van der Waals surface area contributed by atoms with Crippen molar-refractivity contribution in [2.24, 2.45) is 4.99 Å². The summed E-state index contributed by atoms with van der Waals surface area (Å²) in [4.78, 5) is 25.6. The Bertz CT molecular complexity index is 1330. The van der Waals surface area contributed by atoms with Gasteiger partial charge in [-0.05, 0) is 58.1 Å². The molecular weight excluding hydrogens is 514 g/mol. The Hall–Kier alpha value is -3.77. The lowest BCUT2D eigenvalue weighted by atomic mass is 10.0. The van der Waals surface area contributed by atoms with E-state index in [1.54, 1.807) is 18.2 Å². The molecule has 5 nitrogen and oxygen atoms in total. The molecule has 0 fully saturated rings. The van der Waals surface area contributed by atoms with Crippen LogP contribution in [0, 0.1) is 0 Å². The van der Waals surface area contributed by atoms with Crippen LogP contribution < -0.4 is 9.64 Å². The first-order valence-electron chi connectivity index (χ1n) is 11.9. The number of hydrogen-bond donors (Lipinski definition) is 0. The van der Waals surface area contributed by atoms with Crippen molar-refractivity contribution in [3.63, 3.8) is 0 Å². The molecule has 4 aromatic rings. The number of halogens is 1. The number of aryl methyl sites for hydroxylation is 1. The molecule has 0 bridgehead atoms. The molecule has 1 aromatic heterocycles. The van der Waals surface area contributed by atoms with Gasteiger partial charge in [0.05, 0.1) is 19.4 Å². The molecule has 1 atom stereocenters. The fraction of sp³-hybridized carbons (Fsp3) is 0.167. The van der Waals surface area contributed by atoms with E-state index in [1.807, 2.05) is 84.9 Å². The van der Waals surface area contributed by atoms with E-state index in [0.29, 0.717) is 25.2 Å². The third-order valence-corrected chi connectivity index (χ3v) is 6.72. The molecule has 0 spiro atoms. The number of ether oxygens (including phenoxy) is 1. The zero-order valence-electron chi connectivity index (χ0n) is 20.0. The van der Waals surface area contributed by atoms with Gasteiger partial charge in [-0.15, -0.1) is 0 Å². The molecule has 1 aliphatic rings. The summed E-state index contributed by atoms with van der Waals surface area (Å²) in [6, 6.07) is 29.4. The van der Waals surface area contributed by atoms with Crippen molar-refractivity contribution in [2.45, 2.75) is 25.4 Å². The molecule has 2 heterocycles. The van der Waals surface area contributed by atoms with Crippen molar-refractivity contribution in [3.05, 3.63) is 124 Å². The van der Waals surface area contributed by atoms with Crippen LogP contribution in [0.15, 0.2) is 107 Å². The molecular formula is C30H26BrN3O2. The van der Waals surface area contributed by atoms with Crippen molar-refractivity contribution in [3.8, 4) is 5.75 Å². The Balaban J connectivity index is 1.56. The van der Waals surface area contributed by atoms with Crippen LogP contribution >= 0.6 is 15.9 Å². The van der Waals surface area contributed by atoms with Gasteiger partial charge in [0.25, 0.3) is 5.91 Å². The van der Waals surface area contributed by atoms with Crippen LogP contribution in [-0.4, -0.2) is 29.8 Å². The molecule has 0 saturated heterocycles. The highest BCUT2D eigenvalue weighted by atomic mass is 79.9. The molecule has 3 aromatic carbocycles. The Kier molecular flexibility index (Phi) is 7.23. The van der Waals surface area contributed by atoms with Crippen LogP contribution in [0.4, 0.5) is 5.82 Å². The number of benzene rings is 3. The van der Waals surface area contributed by atoms with E-state index in [-0.39, 0.29) is 5.91 Å². The number of aliphatic imine (C=N–C) groups is 1. The minimum absolute atomic E-state index is 0.0521. The molecule has 5 rings (SSSR count). The van der Waals surface area contributed by atoms with E-state index in [2.05, 4.69) is 27.0 Å². The number of carbonyl (C=O) groups is 1. The number of nitrogens with zero attached hydrogens (tertiary/aromatic N) is 3. The third-order valence-electron chi connectivity index (χ3n) is 6.28. The van der Waals surface area contributed by atoms with Crippen LogP contribution in [0.2, 0.25) is 0 Å². The van der Waals surface area contributed by atoms with Gasteiger partial charge in [-0.1, -0.05) is 72.8 Å². The first kappa shape index (κ1) is 23.9. The normalized spacial score (nSPS) is 15.1. The quantitative estimate of drug-likeness (QED) is 0.272. The van der Waals surface area contributed by atoms with E-state index in [4.69, 9.17) is 9.73 Å². The molecule has 1 aliphatic heterocycles. The number of fused-ring (bicyclic) bond motifs is 1. The average molecular weight is 540 g/mol. The predicted molar refractivity (Wildman–Crippen MR) is 147 cm³/mol. The van der Waals surface area contributed by atoms with Gasteiger partial charge < -0.3 is 4.74 Å². The lowest BCUT2D eigenvalue weighted by Crippen LogP contribution is -2.38. The molecule has 1 amide bonds. The second kappa shape index (κ2) is 10.9. The minimum atomic E-state index is -0.536. The van der Waals surface area contributed by atoms with Crippen molar-refractivity contribution in [1.29, 1.82) is 0 Å². The van der Waals surface area contributed by atoms with Gasteiger partial charge in [-0.2, -0.15) is 0 Å². The van der Waals surface area contributed by atoms with Gasteiger partial charge in [-0.25, -0.2) is 4.98 Å². The number of amides is 1. The monoisotopic (exact) mass is 539 g/mol. The highest BCUT2D eigenvalue weighted by Crippen LogP contribution is 2.30. The summed E-state index contributed by atoms with van der Waals surface area (Å²) in [5.41, 5.74) is 4.82. The minimum Gasteiger partial charge on any atom is -0.497 e. The molecule has 0 aliphatic carbocycles. The summed E-state index contributed by atoms with van der Waals surface area (Å²) in [5.74, 6) is 1.42.